The Bertz CT molecular complexity index is 503. The molecule has 18 heavy (non-hydrogen) atoms. The molecule has 0 saturated heterocycles. The number of nitrogens with zero attached hydrogens (tertiary/aromatic N) is 1. The number of nitrogens with one attached hydrogen (secondary N) is 1. The van der Waals surface area contributed by atoms with Crippen LogP contribution in [-0.4, -0.2) is 33.4 Å². The van der Waals surface area contributed by atoms with Crippen LogP contribution >= 0.6 is 0 Å². The van der Waals surface area contributed by atoms with E-state index < -0.39 is 15.8 Å². The van der Waals surface area contributed by atoms with Gasteiger partial charge in [-0.15, -0.1) is 0 Å². The zero-order chi connectivity index (χ0) is 13.8. The summed E-state index contributed by atoms with van der Waals surface area (Å²) in [6, 6.07) is 4.19. The minimum Gasteiger partial charge on any atom is -0.316 e. The quantitative estimate of drug-likeness (QED) is 0.856. The highest BCUT2D eigenvalue weighted by Crippen LogP contribution is 2.19. The standard InChI is InChI=1S/C12H19FN2O2S/c1-4-7-15(3)18(16,17)12-6-5-10(9-14-2)8-11(12)13/h5-6,8,14H,4,7,9H2,1-3H3. The predicted molar refractivity (Wildman–Crippen MR) is 69.3 cm³/mol. The zero-order valence-electron chi connectivity index (χ0n) is 10.9. The summed E-state index contributed by atoms with van der Waals surface area (Å²) >= 11 is 0. The van der Waals surface area contributed by atoms with Crippen molar-refractivity contribution in [1.29, 1.82) is 0 Å². The van der Waals surface area contributed by atoms with Crippen molar-refractivity contribution in [2.75, 3.05) is 20.6 Å². The van der Waals surface area contributed by atoms with Crippen molar-refractivity contribution < 1.29 is 12.8 Å². The fourth-order valence-electron chi connectivity index (χ4n) is 1.67. The number of hydrogen-bond acceptors (Lipinski definition) is 3. The van der Waals surface area contributed by atoms with Crippen LogP contribution in [0.1, 0.15) is 18.9 Å². The summed E-state index contributed by atoms with van der Waals surface area (Å²) < 4.78 is 39.2. The van der Waals surface area contributed by atoms with Gasteiger partial charge in [-0.05, 0) is 31.2 Å². The van der Waals surface area contributed by atoms with E-state index >= 15 is 0 Å². The molecule has 0 saturated carbocycles. The smallest absolute Gasteiger partial charge is 0.245 e. The first-order valence-corrected chi connectivity index (χ1v) is 7.26. The first-order valence-electron chi connectivity index (χ1n) is 5.82. The second-order valence-corrected chi connectivity index (χ2v) is 6.13. The topological polar surface area (TPSA) is 49.4 Å². The van der Waals surface area contributed by atoms with E-state index in [0.29, 0.717) is 25.1 Å². The van der Waals surface area contributed by atoms with Crippen molar-refractivity contribution in [3.8, 4) is 0 Å². The lowest BCUT2D eigenvalue weighted by molar-refractivity contribution is 0.461. The zero-order valence-corrected chi connectivity index (χ0v) is 11.7. The molecule has 102 valence electrons. The van der Waals surface area contributed by atoms with Crippen molar-refractivity contribution in [3.63, 3.8) is 0 Å². The Kier molecular flexibility index (Phi) is 5.25. The van der Waals surface area contributed by atoms with Gasteiger partial charge in [0.15, 0.2) is 0 Å². The molecule has 0 aliphatic carbocycles. The number of halogens is 1. The normalized spacial score (nSPS) is 12.1. The first-order chi connectivity index (χ1) is 8.43. The summed E-state index contributed by atoms with van der Waals surface area (Å²) in [7, 11) is -0.520. The fourth-order valence-corrected chi connectivity index (χ4v) is 2.97. The maximum absolute atomic E-state index is 13.8. The first kappa shape index (κ1) is 15.1. The molecule has 0 aromatic heterocycles. The maximum Gasteiger partial charge on any atom is 0.245 e. The summed E-state index contributed by atoms with van der Waals surface area (Å²) in [5.41, 5.74) is 0.715. The minimum atomic E-state index is -3.73. The van der Waals surface area contributed by atoms with Gasteiger partial charge in [-0.1, -0.05) is 13.0 Å². The van der Waals surface area contributed by atoms with Crippen LogP contribution in [0.3, 0.4) is 0 Å². The molecule has 0 unspecified atom stereocenters. The third-order valence-corrected chi connectivity index (χ3v) is 4.49. The van der Waals surface area contributed by atoms with Crippen molar-refractivity contribution in [1.82, 2.24) is 9.62 Å². The lowest BCUT2D eigenvalue weighted by Crippen LogP contribution is -2.28. The molecular formula is C12H19FN2O2S. The molecule has 0 radical (unpaired) electrons. The molecule has 0 heterocycles. The Labute approximate surface area is 108 Å². The predicted octanol–water partition coefficient (Wildman–Crippen LogP) is 1.58. The average molecular weight is 274 g/mol. The van der Waals surface area contributed by atoms with Crippen LogP contribution in [0.15, 0.2) is 23.1 Å². The average Bonchev–Trinajstić information content (AvgIpc) is 2.29. The molecule has 0 aliphatic rings. The summed E-state index contributed by atoms with van der Waals surface area (Å²) in [4.78, 5) is -0.265. The van der Waals surface area contributed by atoms with Crippen molar-refractivity contribution in [2.45, 2.75) is 24.8 Å². The number of benzene rings is 1. The Balaban J connectivity index is 3.10. The van der Waals surface area contributed by atoms with Crippen LogP contribution in [0, 0.1) is 5.82 Å². The second-order valence-electron chi connectivity index (χ2n) is 4.12. The molecular weight excluding hydrogens is 255 g/mol. The van der Waals surface area contributed by atoms with Gasteiger partial charge in [0, 0.05) is 20.1 Å². The molecule has 1 aromatic rings. The number of hydrogen-bond donors (Lipinski definition) is 1. The van der Waals surface area contributed by atoms with Crippen molar-refractivity contribution in [2.24, 2.45) is 0 Å². The van der Waals surface area contributed by atoms with Crippen LogP contribution in [0.4, 0.5) is 4.39 Å². The molecule has 0 fully saturated rings. The van der Waals surface area contributed by atoms with Crippen LogP contribution in [0.25, 0.3) is 0 Å². The van der Waals surface area contributed by atoms with Gasteiger partial charge in [-0.2, -0.15) is 0 Å². The van der Waals surface area contributed by atoms with Gasteiger partial charge in [-0.25, -0.2) is 17.1 Å². The van der Waals surface area contributed by atoms with Crippen LogP contribution in [-0.2, 0) is 16.6 Å². The molecule has 0 amide bonds. The molecule has 1 aromatic carbocycles. The highest BCUT2D eigenvalue weighted by Gasteiger charge is 2.23. The van der Waals surface area contributed by atoms with Gasteiger partial charge < -0.3 is 5.32 Å². The third-order valence-electron chi connectivity index (χ3n) is 2.60. The van der Waals surface area contributed by atoms with Crippen molar-refractivity contribution >= 4 is 10.0 Å². The van der Waals surface area contributed by atoms with E-state index in [2.05, 4.69) is 5.32 Å². The van der Waals surface area contributed by atoms with E-state index in [1.807, 2.05) is 6.92 Å². The maximum atomic E-state index is 13.8. The Hall–Kier alpha value is -0.980. The molecule has 0 spiro atoms. The highest BCUT2D eigenvalue weighted by molar-refractivity contribution is 7.89. The molecule has 0 aliphatic heterocycles. The molecule has 4 nitrogen and oxygen atoms in total. The van der Waals surface area contributed by atoms with Gasteiger partial charge >= 0.3 is 0 Å². The van der Waals surface area contributed by atoms with E-state index in [4.69, 9.17) is 0 Å². The fraction of sp³-hybridized carbons (Fsp3) is 0.500. The van der Waals surface area contributed by atoms with E-state index in [9.17, 15) is 12.8 Å². The Morgan fingerprint density at radius 3 is 2.56 bits per heavy atom. The third kappa shape index (κ3) is 3.28. The minimum absolute atomic E-state index is 0.265. The van der Waals surface area contributed by atoms with E-state index in [0.717, 1.165) is 0 Å². The van der Waals surface area contributed by atoms with Gasteiger partial charge in [0.1, 0.15) is 10.7 Å². The lowest BCUT2D eigenvalue weighted by atomic mass is 10.2. The monoisotopic (exact) mass is 274 g/mol. The molecule has 0 atom stereocenters. The molecule has 6 heteroatoms. The summed E-state index contributed by atoms with van der Waals surface area (Å²) in [6.07, 6.45) is 0.690. The van der Waals surface area contributed by atoms with Crippen LogP contribution < -0.4 is 5.32 Å². The lowest BCUT2D eigenvalue weighted by Gasteiger charge is -2.17. The number of sulfonamides is 1. The Morgan fingerprint density at radius 2 is 2.06 bits per heavy atom. The van der Waals surface area contributed by atoms with Gasteiger partial charge in [-0.3, -0.25) is 0 Å². The van der Waals surface area contributed by atoms with E-state index in [1.54, 1.807) is 13.1 Å². The van der Waals surface area contributed by atoms with Crippen LogP contribution in [0.2, 0.25) is 0 Å². The largest absolute Gasteiger partial charge is 0.316 e. The highest BCUT2D eigenvalue weighted by atomic mass is 32.2. The van der Waals surface area contributed by atoms with Gasteiger partial charge in [0.25, 0.3) is 0 Å². The van der Waals surface area contributed by atoms with Gasteiger partial charge in [0.05, 0.1) is 0 Å². The van der Waals surface area contributed by atoms with Crippen LogP contribution in [0.5, 0.6) is 0 Å². The second kappa shape index (κ2) is 6.26. The van der Waals surface area contributed by atoms with Gasteiger partial charge in [0.2, 0.25) is 10.0 Å². The molecule has 1 N–H and O–H groups in total. The van der Waals surface area contributed by atoms with E-state index in [1.165, 1.54) is 23.5 Å². The molecule has 0 bridgehead atoms. The SMILES string of the molecule is CCCN(C)S(=O)(=O)c1ccc(CNC)cc1F. The molecule has 1 rings (SSSR count). The summed E-state index contributed by atoms with van der Waals surface area (Å²) in [5.74, 6) is -0.703. The van der Waals surface area contributed by atoms with Crippen molar-refractivity contribution in [3.05, 3.63) is 29.6 Å². The Morgan fingerprint density at radius 1 is 1.39 bits per heavy atom. The summed E-state index contributed by atoms with van der Waals surface area (Å²) in [5, 5.41) is 2.89. The van der Waals surface area contributed by atoms with E-state index in [-0.39, 0.29) is 4.90 Å². The summed E-state index contributed by atoms with van der Waals surface area (Å²) in [6.45, 7) is 2.75. The number of rotatable bonds is 6.